The predicted octanol–water partition coefficient (Wildman–Crippen LogP) is 4.01. The number of hydrogen-bond acceptors (Lipinski definition) is 2. The molecule has 0 radical (unpaired) electrons. The minimum Gasteiger partial charge on any atom is -0.312 e. The molecular formula is C21H30N2O. The number of likely N-dealkylation sites (tertiary alicyclic amines) is 1. The standard InChI is InChI=1S/C21H30N2O/c1-17(24)23-16-21(14-18-8-5-6-11-20(18)23)12-7-13-22(15-21)19-9-3-2-4-10-19/h5-6,8,11,19H,2-4,7,9-10,12-16H2,1H3. The van der Waals surface area contributed by atoms with E-state index in [-0.39, 0.29) is 11.3 Å². The highest BCUT2D eigenvalue weighted by Gasteiger charge is 2.43. The minimum absolute atomic E-state index is 0.191. The van der Waals surface area contributed by atoms with Gasteiger partial charge in [-0.15, -0.1) is 0 Å². The molecule has 1 spiro atoms. The summed E-state index contributed by atoms with van der Waals surface area (Å²) in [5, 5.41) is 0. The smallest absolute Gasteiger partial charge is 0.223 e. The molecule has 3 nitrogen and oxygen atoms in total. The lowest BCUT2D eigenvalue weighted by Crippen LogP contribution is -2.56. The van der Waals surface area contributed by atoms with E-state index in [0.717, 1.165) is 24.7 Å². The molecular weight excluding hydrogens is 296 g/mol. The van der Waals surface area contributed by atoms with Gasteiger partial charge in [-0.2, -0.15) is 0 Å². The van der Waals surface area contributed by atoms with Gasteiger partial charge in [0.2, 0.25) is 5.91 Å². The van der Waals surface area contributed by atoms with Crippen LogP contribution in [0.15, 0.2) is 24.3 Å². The Morgan fingerprint density at radius 3 is 2.67 bits per heavy atom. The van der Waals surface area contributed by atoms with Gasteiger partial charge in [0.25, 0.3) is 0 Å². The van der Waals surface area contributed by atoms with E-state index in [0.29, 0.717) is 0 Å². The number of anilines is 1. The van der Waals surface area contributed by atoms with Crippen molar-refractivity contribution >= 4 is 11.6 Å². The normalized spacial score (nSPS) is 28.8. The first-order chi connectivity index (χ1) is 11.7. The molecule has 1 aromatic rings. The number of piperidine rings is 1. The Hall–Kier alpha value is -1.35. The molecule has 1 aliphatic carbocycles. The second-order valence-corrected chi connectivity index (χ2v) is 8.28. The van der Waals surface area contributed by atoms with Crippen LogP contribution in [0.25, 0.3) is 0 Å². The van der Waals surface area contributed by atoms with Crippen molar-refractivity contribution in [3.05, 3.63) is 29.8 Å². The minimum atomic E-state index is 0.191. The lowest BCUT2D eigenvalue weighted by Gasteiger charge is -2.51. The van der Waals surface area contributed by atoms with Crippen molar-refractivity contribution in [1.82, 2.24) is 4.90 Å². The number of carbonyl (C=O) groups excluding carboxylic acids is 1. The highest BCUT2D eigenvalue weighted by atomic mass is 16.2. The third-order valence-electron chi connectivity index (χ3n) is 6.50. The molecule has 0 bridgehead atoms. The van der Waals surface area contributed by atoms with Gasteiger partial charge in [0.1, 0.15) is 0 Å². The predicted molar refractivity (Wildman–Crippen MR) is 98.3 cm³/mol. The summed E-state index contributed by atoms with van der Waals surface area (Å²) >= 11 is 0. The Labute approximate surface area is 146 Å². The highest BCUT2D eigenvalue weighted by Crippen LogP contribution is 2.43. The topological polar surface area (TPSA) is 23.6 Å². The van der Waals surface area contributed by atoms with Crippen LogP contribution >= 0.6 is 0 Å². The number of hydrogen-bond donors (Lipinski definition) is 0. The molecule has 2 aliphatic heterocycles. The molecule has 0 N–H and O–H groups in total. The number of para-hydroxylation sites is 1. The van der Waals surface area contributed by atoms with E-state index in [1.165, 1.54) is 63.6 Å². The zero-order valence-electron chi connectivity index (χ0n) is 15.0. The second-order valence-electron chi connectivity index (χ2n) is 8.28. The van der Waals surface area contributed by atoms with Gasteiger partial charge in [0.15, 0.2) is 0 Å². The summed E-state index contributed by atoms with van der Waals surface area (Å²) in [4.78, 5) is 17.1. The number of benzene rings is 1. The van der Waals surface area contributed by atoms with Crippen LogP contribution in [0.1, 0.15) is 57.4 Å². The van der Waals surface area contributed by atoms with Crippen LogP contribution in [-0.4, -0.2) is 36.5 Å². The molecule has 1 atom stereocenters. The average molecular weight is 326 g/mol. The van der Waals surface area contributed by atoms with Crippen LogP contribution in [0.2, 0.25) is 0 Å². The largest absolute Gasteiger partial charge is 0.312 e. The average Bonchev–Trinajstić information content (AvgIpc) is 2.62. The quantitative estimate of drug-likeness (QED) is 0.778. The Balaban J connectivity index is 1.59. The number of carbonyl (C=O) groups is 1. The Morgan fingerprint density at radius 1 is 1.08 bits per heavy atom. The van der Waals surface area contributed by atoms with E-state index in [4.69, 9.17) is 0 Å². The summed E-state index contributed by atoms with van der Waals surface area (Å²) in [5.41, 5.74) is 2.77. The fraction of sp³-hybridized carbons (Fsp3) is 0.667. The van der Waals surface area contributed by atoms with Crippen molar-refractivity contribution in [1.29, 1.82) is 0 Å². The zero-order valence-corrected chi connectivity index (χ0v) is 15.0. The Morgan fingerprint density at radius 2 is 1.88 bits per heavy atom. The number of nitrogens with zero attached hydrogens (tertiary/aromatic N) is 2. The Kier molecular flexibility index (Phi) is 4.38. The maximum atomic E-state index is 12.3. The summed E-state index contributed by atoms with van der Waals surface area (Å²) in [6.45, 7) is 5.06. The van der Waals surface area contributed by atoms with Crippen molar-refractivity contribution in [2.45, 2.75) is 64.3 Å². The summed E-state index contributed by atoms with van der Waals surface area (Å²) in [6, 6.07) is 9.32. The van der Waals surface area contributed by atoms with Gasteiger partial charge in [-0.25, -0.2) is 0 Å². The van der Waals surface area contributed by atoms with Crippen LogP contribution in [0.5, 0.6) is 0 Å². The van der Waals surface area contributed by atoms with Gasteiger partial charge in [0, 0.05) is 37.2 Å². The zero-order chi connectivity index (χ0) is 16.6. The summed E-state index contributed by atoms with van der Waals surface area (Å²) in [6.07, 6.45) is 10.6. The Bertz CT molecular complexity index is 608. The molecule has 24 heavy (non-hydrogen) atoms. The van der Waals surface area contributed by atoms with Crippen molar-refractivity contribution in [3.63, 3.8) is 0 Å². The molecule has 1 saturated heterocycles. The molecule has 2 heterocycles. The molecule has 1 saturated carbocycles. The molecule has 1 unspecified atom stereocenters. The SMILES string of the molecule is CC(=O)N1CC2(CCCN(C3CCCCC3)C2)Cc2ccccc21. The van der Waals surface area contributed by atoms with E-state index >= 15 is 0 Å². The van der Waals surface area contributed by atoms with Crippen molar-refractivity contribution < 1.29 is 4.79 Å². The van der Waals surface area contributed by atoms with Crippen LogP contribution in [0, 0.1) is 5.41 Å². The van der Waals surface area contributed by atoms with E-state index in [9.17, 15) is 4.79 Å². The third kappa shape index (κ3) is 2.99. The first kappa shape index (κ1) is 16.1. The van der Waals surface area contributed by atoms with Gasteiger partial charge < -0.3 is 4.90 Å². The van der Waals surface area contributed by atoms with Gasteiger partial charge in [-0.1, -0.05) is 37.5 Å². The summed E-state index contributed by atoms with van der Waals surface area (Å²) in [5.74, 6) is 0.191. The number of rotatable bonds is 1. The maximum Gasteiger partial charge on any atom is 0.223 e. The summed E-state index contributed by atoms with van der Waals surface area (Å²) in [7, 11) is 0. The second kappa shape index (κ2) is 6.51. The molecule has 130 valence electrons. The fourth-order valence-electron chi connectivity index (χ4n) is 5.36. The molecule has 4 rings (SSSR count). The fourth-order valence-corrected chi connectivity index (χ4v) is 5.36. The van der Waals surface area contributed by atoms with Crippen molar-refractivity contribution in [2.75, 3.05) is 24.5 Å². The first-order valence-corrected chi connectivity index (χ1v) is 9.77. The highest BCUT2D eigenvalue weighted by molar-refractivity contribution is 5.93. The molecule has 2 fully saturated rings. The molecule has 1 aromatic carbocycles. The lowest BCUT2D eigenvalue weighted by molar-refractivity contribution is -0.117. The van der Waals surface area contributed by atoms with Gasteiger partial charge >= 0.3 is 0 Å². The molecule has 0 aromatic heterocycles. The monoisotopic (exact) mass is 326 g/mol. The van der Waals surface area contributed by atoms with Crippen molar-refractivity contribution in [2.24, 2.45) is 5.41 Å². The van der Waals surface area contributed by atoms with Crippen LogP contribution in [0.4, 0.5) is 5.69 Å². The van der Waals surface area contributed by atoms with Crippen LogP contribution in [0.3, 0.4) is 0 Å². The first-order valence-electron chi connectivity index (χ1n) is 9.77. The third-order valence-corrected chi connectivity index (χ3v) is 6.50. The van der Waals surface area contributed by atoms with Gasteiger partial charge in [0.05, 0.1) is 0 Å². The van der Waals surface area contributed by atoms with E-state index in [2.05, 4.69) is 29.2 Å². The number of amides is 1. The summed E-state index contributed by atoms with van der Waals surface area (Å²) < 4.78 is 0. The molecule has 3 heteroatoms. The van der Waals surface area contributed by atoms with Crippen LogP contribution < -0.4 is 4.90 Å². The lowest BCUT2D eigenvalue weighted by atomic mass is 9.71. The van der Waals surface area contributed by atoms with Crippen LogP contribution in [-0.2, 0) is 11.2 Å². The van der Waals surface area contributed by atoms with E-state index in [1.807, 2.05) is 4.90 Å². The van der Waals surface area contributed by atoms with E-state index in [1.54, 1.807) is 6.92 Å². The number of fused-ring (bicyclic) bond motifs is 1. The van der Waals surface area contributed by atoms with Gasteiger partial charge in [-0.05, 0) is 50.3 Å². The molecule has 1 amide bonds. The van der Waals surface area contributed by atoms with E-state index < -0.39 is 0 Å². The maximum absolute atomic E-state index is 12.3. The molecule has 3 aliphatic rings. The van der Waals surface area contributed by atoms with Gasteiger partial charge in [-0.3, -0.25) is 9.69 Å². The van der Waals surface area contributed by atoms with Crippen molar-refractivity contribution in [3.8, 4) is 0 Å².